The maximum atomic E-state index is 12.1. The number of aromatic nitrogens is 3. The molecule has 3 rings (SSSR count). The fraction of sp³-hybridized carbons (Fsp3) is 0.562. The molecule has 1 aliphatic rings. The number of carbonyl (C=O) groups is 1. The van der Waals surface area contributed by atoms with Crippen molar-refractivity contribution in [3.63, 3.8) is 0 Å². The van der Waals surface area contributed by atoms with Gasteiger partial charge in [-0.15, -0.1) is 11.3 Å². The average molecular weight is 348 g/mol. The molecule has 1 fully saturated rings. The summed E-state index contributed by atoms with van der Waals surface area (Å²) in [4.78, 5) is 18.8. The Morgan fingerprint density at radius 1 is 1.42 bits per heavy atom. The molecule has 1 aliphatic heterocycles. The van der Waals surface area contributed by atoms with Crippen LogP contribution in [0.1, 0.15) is 29.8 Å². The maximum Gasteiger partial charge on any atom is 0.315 e. The van der Waals surface area contributed by atoms with E-state index in [0.29, 0.717) is 6.54 Å². The van der Waals surface area contributed by atoms with Crippen LogP contribution in [0.2, 0.25) is 0 Å². The first-order valence-electron chi connectivity index (χ1n) is 8.23. The van der Waals surface area contributed by atoms with Crippen molar-refractivity contribution in [2.24, 2.45) is 7.05 Å². The molecule has 2 aromatic heterocycles. The quantitative estimate of drug-likeness (QED) is 0.861. The third kappa shape index (κ3) is 4.33. The van der Waals surface area contributed by atoms with Crippen LogP contribution in [0.4, 0.5) is 4.79 Å². The highest BCUT2D eigenvalue weighted by atomic mass is 32.1. The van der Waals surface area contributed by atoms with Gasteiger partial charge < -0.3 is 10.6 Å². The molecular formula is C16H24N6OS. The Balaban J connectivity index is 1.37. The SMILES string of the molecule is Cc1c(CNC(=O)NC2CCN(Cc3cscn3)CC2)cnn1C. The summed E-state index contributed by atoms with van der Waals surface area (Å²) >= 11 is 1.63. The van der Waals surface area contributed by atoms with Crippen LogP contribution in [-0.2, 0) is 20.1 Å². The van der Waals surface area contributed by atoms with Crippen LogP contribution in [0.15, 0.2) is 17.1 Å². The summed E-state index contributed by atoms with van der Waals surface area (Å²) in [6.07, 6.45) is 3.75. The zero-order valence-electron chi connectivity index (χ0n) is 14.2. The molecule has 24 heavy (non-hydrogen) atoms. The van der Waals surface area contributed by atoms with Gasteiger partial charge in [-0.05, 0) is 19.8 Å². The van der Waals surface area contributed by atoms with Crippen molar-refractivity contribution in [2.75, 3.05) is 13.1 Å². The monoisotopic (exact) mass is 348 g/mol. The minimum atomic E-state index is -0.101. The molecule has 7 nitrogen and oxygen atoms in total. The topological polar surface area (TPSA) is 75.1 Å². The number of rotatable bonds is 5. The van der Waals surface area contributed by atoms with Gasteiger partial charge in [0.15, 0.2) is 0 Å². The normalized spacial score (nSPS) is 16.2. The first kappa shape index (κ1) is 16.9. The summed E-state index contributed by atoms with van der Waals surface area (Å²) < 4.78 is 1.81. The molecule has 0 saturated carbocycles. The number of hydrogen-bond donors (Lipinski definition) is 2. The van der Waals surface area contributed by atoms with Gasteiger partial charge >= 0.3 is 6.03 Å². The Bertz CT molecular complexity index is 660. The second kappa shape index (κ2) is 7.76. The van der Waals surface area contributed by atoms with E-state index in [4.69, 9.17) is 0 Å². The molecule has 3 heterocycles. The first-order valence-corrected chi connectivity index (χ1v) is 9.17. The summed E-state index contributed by atoms with van der Waals surface area (Å²) in [5.74, 6) is 0. The summed E-state index contributed by atoms with van der Waals surface area (Å²) in [5, 5.41) is 12.3. The molecule has 0 unspecified atom stereocenters. The smallest absolute Gasteiger partial charge is 0.315 e. The lowest BCUT2D eigenvalue weighted by Gasteiger charge is -2.31. The summed E-state index contributed by atoms with van der Waals surface area (Å²) in [5.41, 5.74) is 5.13. The van der Waals surface area contributed by atoms with Gasteiger partial charge in [-0.25, -0.2) is 9.78 Å². The van der Waals surface area contributed by atoms with Gasteiger partial charge in [0.05, 0.1) is 17.4 Å². The van der Waals surface area contributed by atoms with Gasteiger partial charge in [-0.3, -0.25) is 9.58 Å². The van der Waals surface area contributed by atoms with Gasteiger partial charge in [0.1, 0.15) is 0 Å². The van der Waals surface area contributed by atoms with Crippen LogP contribution in [0.25, 0.3) is 0 Å². The molecule has 0 aliphatic carbocycles. The van der Waals surface area contributed by atoms with Crippen LogP contribution in [-0.4, -0.2) is 44.8 Å². The minimum absolute atomic E-state index is 0.101. The lowest BCUT2D eigenvalue weighted by Crippen LogP contribution is -2.47. The highest BCUT2D eigenvalue weighted by Gasteiger charge is 2.21. The van der Waals surface area contributed by atoms with Gasteiger partial charge in [0.2, 0.25) is 0 Å². The van der Waals surface area contributed by atoms with E-state index in [0.717, 1.165) is 49.4 Å². The molecule has 1 saturated heterocycles. The average Bonchev–Trinajstić information content (AvgIpc) is 3.19. The molecule has 0 radical (unpaired) electrons. The van der Waals surface area contributed by atoms with Crippen molar-refractivity contribution in [2.45, 2.75) is 38.9 Å². The number of nitrogens with zero attached hydrogens (tertiary/aromatic N) is 4. The van der Waals surface area contributed by atoms with Crippen LogP contribution in [0.3, 0.4) is 0 Å². The fourth-order valence-electron chi connectivity index (χ4n) is 2.91. The van der Waals surface area contributed by atoms with Crippen LogP contribution < -0.4 is 10.6 Å². The summed E-state index contributed by atoms with van der Waals surface area (Å²) in [6.45, 7) is 5.39. The lowest BCUT2D eigenvalue weighted by molar-refractivity contribution is 0.185. The highest BCUT2D eigenvalue weighted by molar-refractivity contribution is 7.07. The molecule has 130 valence electrons. The molecule has 0 bridgehead atoms. The van der Waals surface area contributed by atoms with Crippen molar-refractivity contribution < 1.29 is 4.79 Å². The Hall–Kier alpha value is -1.93. The number of aryl methyl sites for hydroxylation is 1. The van der Waals surface area contributed by atoms with E-state index in [-0.39, 0.29) is 12.1 Å². The number of carbonyl (C=O) groups excluding carboxylic acids is 1. The highest BCUT2D eigenvalue weighted by Crippen LogP contribution is 2.14. The van der Waals surface area contributed by atoms with Crippen LogP contribution >= 0.6 is 11.3 Å². The van der Waals surface area contributed by atoms with Crippen molar-refractivity contribution in [3.8, 4) is 0 Å². The molecule has 2 aromatic rings. The van der Waals surface area contributed by atoms with Gasteiger partial charge in [0, 0.05) is 55.9 Å². The van der Waals surface area contributed by atoms with E-state index < -0.39 is 0 Å². The molecule has 8 heteroatoms. The number of thiazole rings is 1. The Morgan fingerprint density at radius 3 is 2.83 bits per heavy atom. The number of nitrogens with one attached hydrogen (secondary N) is 2. The van der Waals surface area contributed by atoms with E-state index in [1.54, 1.807) is 17.5 Å². The Morgan fingerprint density at radius 2 is 2.21 bits per heavy atom. The van der Waals surface area contributed by atoms with E-state index in [2.05, 4.69) is 31.0 Å². The molecular weight excluding hydrogens is 324 g/mol. The van der Waals surface area contributed by atoms with E-state index in [9.17, 15) is 4.79 Å². The van der Waals surface area contributed by atoms with Crippen molar-refractivity contribution in [1.82, 2.24) is 30.3 Å². The van der Waals surface area contributed by atoms with Crippen molar-refractivity contribution >= 4 is 17.4 Å². The van der Waals surface area contributed by atoms with E-state index >= 15 is 0 Å². The maximum absolute atomic E-state index is 12.1. The van der Waals surface area contributed by atoms with Crippen LogP contribution in [0.5, 0.6) is 0 Å². The van der Waals surface area contributed by atoms with Gasteiger partial charge in [0.25, 0.3) is 0 Å². The predicted octanol–water partition coefficient (Wildman–Crippen LogP) is 1.65. The number of urea groups is 1. The second-order valence-electron chi connectivity index (χ2n) is 6.24. The molecule has 2 N–H and O–H groups in total. The van der Waals surface area contributed by atoms with Crippen molar-refractivity contribution in [3.05, 3.63) is 34.0 Å². The molecule has 0 aromatic carbocycles. The molecule has 2 amide bonds. The summed E-state index contributed by atoms with van der Waals surface area (Å²) in [7, 11) is 1.90. The zero-order valence-corrected chi connectivity index (χ0v) is 15.0. The zero-order chi connectivity index (χ0) is 16.9. The Labute approximate surface area is 146 Å². The van der Waals surface area contributed by atoms with Gasteiger partial charge in [-0.1, -0.05) is 0 Å². The number of likely N-dealkylation sites (tertiary alicyclic amines) is 1. The first-order chi connectivity index (χ1) is 11.6. The van der Waals surface area contributed by atoms with E-state index in [1.165, 1.54) is 0 Å². The standard InChI is InChI=1S/C16H24N6OS/c1-12-13(8-19-21(12)2)7-17-16(23)20-14-3-5-22(6-4-14)9-15-10-24-11-18-15/h8,10-11,14H,3-7,9H2,1-2H3,(H2,17,20,23). The van der Waals surface area contributed by atoms with E-state index in [1.807, 2.05) is 24.2 Å². The summed E-state index contributed by atoms with van der Waals surface area (Å²) in [6, 6.07) is 0.142. The lowest BCUT2D eigenvalue weighted by atomic mass is 10.1. The van der Waals surface area contributed by atoms with Gasteiger partial charge in [-0.2, -0.15) is 5.10 Å². The largest absolute Gasteiger partial charge is 0.335 e. The fourth-order valence-corrected chi connectivity index (χ4v) is 3.46. The predicted molar refractivity (Wildman–Crippen MR) is 93.7 cm³/mol. The Kier molecular flexibility index (Phi) is 5.47. The molecule has 0 atom stereocenters. The number of amides is 2. The van der Waals surface area contributed by atoms with Crippen molar-refractivity contribution in [1.29, 1.82) is 0 Å². The third-order valence-electron chi connectivity index (χ3n) is 4.57. The minimum Gasteiger partial charge on any atom is -0.335 e. The second-order valence-corrected chi connectivity index (χ2v) is 6.95. The number of piperidine rings is 1. The van der Waals surface area contributed by atoms with Crippen LogP contribution in [0, 0.1) is 6.92 Å². The third-order valence-corrected chi connectivity index (χ3v) is 5.20. The molecule has 0 spiro atoms. The number of hydrogen-bond acceptors (Lipinski definition) is 5.